The van der Waals surface area contributed by atoms with Gasteiger partial charge in [0.25, 0.3) is 11.8 Å². The number of urea groups is 1. The quantitative estimate of drug-likeness (QED) is 0.569. The number of nitrogens with zero attached hydrogens (tertiary/aromatic N) is 1. The highest BCUT2D eigenvalue weighted by Gasteiger charge is 2.51. The van der Waals surface area contributed by atoms with E-state index in [1.54, 1.807) is 48.5 Å². The number of carbonyl (C=O) groups is 4. The fourth-order valence-electron chi connectivity index (χ4n) is 3.55. The Morgan fingerprint density at radius 1 is 1.03 bits per heavy atom. The summed E-state index contributed by atoms with van der Waals surface area (Å²) in [4.78, 5) is 51.2. The van der Waals surface area contributed by atoms with E-state index in [-0.39, 0.29) is 5.91 Å². The van der Waals surface area contributed by atoms with Gasteiger partial charge in [0.1, 0.15) is 12.1 Å². The first-order valence-corrected chi connectivity index (χ1v) is 10.3. The van der Waals surface area contributed by atoms with Gasteiger partial charge in [0.2, 0.25) is 5.91 Å². The first kappa shape index (κ1) is 22.0. The average molecular weight is 422 g/mol. The Bertz CT molecular complexity index is 992. The van der Waals surface area contributed by atoms with E-state index >= 15 is 0 Å². The number of rotatable bonds is 8. The molecule has 1 fully saturated rings. The summed E-state index contributed by atoms with van der Waals surface area (Å²) in [5.41, 5.74) is 0.307. The summed E-state index contributed by atoms with van der Waals surface area (Å²) in [6.45, 7) is 3.90. The number of anilines is 1. The van der Waals surface area contributed by atoms with Crippen LogP contribution in [0.25, 0.3) is 0 Å². The Hall–Kier alpha value is -3.68. The van der Waals surface area contributed by atoms with Crippen LogP contribution in [0.5, 0.6) is 0 Å². The molecule has 1 saturated heterocycles. The molecule has 1 aliphatic rings. The molecule has 1 heterocycles. The number of nitrogens with one attached hydrogen (secondary N) is 3. The zero-order valence-electron chi connectivity index (χ0n) is 17.6. The lowest BCUT2D eigenvalue weighted by atomic mass is 9.87. The smallest absolute Gasteiger partial charge is 0.325 e. The molecule has 0 bridgehead atoms. The Balaban J connectivity index is 1.70. The van der Waals surface area contributed by atoms with Crippen LogP contribution in [0.2, 0.25) is 0 Å². The number of hydrogen-bond acceptors (Lipinski definition) is 4. The molecule has 31 heavy (non-hydrogen) atoms. The van der Waals surface area contributed by atoms with Crippen molar-refractivity contribution in [2.45, 2.75) is 32.2 Å². The highest BCUT2D eigenvalue weighted by atomic mass is 16.2. The van der Waals surface area contributed by atoms with E-state index in [1.165, 1.54) is 0 Å². The van der Waals surface area contributed by atoms with Gasteiger partial charge in [-0.2, -0.15) is 0 Å². The predicted octanol–water partition coefficient (Wildman–Crippen LogP) is 2.62. The maximum atomic E-state index is 13.1. The van der Waals surface area contributed by atoms with Crippen molar-refractivity contribution >= 4 is 29.4 Å². The third-order valence-electron chi connectivity index (χ3n) is 5.22. The van der Waals surface area contributed by atoms with E-state index < -0.39 is 29.9 Å². The molecule has 8 nitrogen and oxygen atoms in total. The van der Waals surface area contributed by atoms with Crippen molar-refractivity contribution < 1.29 is 19.2 Å². The van der Waals surface area contributed by atoms with Gasteiger partial charge in [-0.3, -0.25) is 19.3 Å². The van der Waals surface area contributed by atoms with E-state index in [1.807, 2.05) is 19.9 Å². The maximum absolute atomic E-state index is 13.1. The monoisotopic (exact) mass is 422 g/mol. The Labute approximate surface area is 181 Å². The molecule has 0 aliphatic carbocycles. The van der Waals surface area contributed by atoms with Crippen LogP contribution in [0.15, 0.2) is 54.6 Å². The second-order valence-corrected chi connectivity index (χ2v) is 7.33. The molecule has 1 unspecified atom stereocenters. The van der Waals surface area contributed by atoms with Gasteiger partial charge in [0.05, 0.1) is 0 Å². The minimum Gasteiger partial charge on any atom is -0.352 e. The number of hydrogen-bond donors (Lipinski definition) is 3. The van der Waals surface area contributed by atoms with Crippen molar-refractivity contribution in [2.24, 2.45) is 0 Å². The van der Waals surface area contributed by atoms with E-state index in [0.717, 1.165) is 11.3 Å². The molecule has 0 radical (unpaired) electrons. The summed E-state index contributed by atoms with van der Waals surface area (Å²) in [6, 6.07) is 14.9. The van der Waals surface area contributed by atoms with Gasteiger partial charge in [-0.25, -0.2) is 4.79 Å². The van der Waals surface area contributed by atoms with Crippen LogP contribution in [-0.4, -0.2) is 41.7 Å². The van der Waals surface area contributed by atoms with Crippen LogP contribution < -0.4 is 16.0 Å². The third-order valence-corrected chi connectivity index (χ3v) is 5.22. The lowest BCUT2D eigenvalue weighted by Crippen LogP contribution is -2.44. The van der Waals surface area contributed by atoms with E-state index in [0.29, 0.717) is 29.8 Å². The van der Waals surface area contributed by atoms with Crippen molar-refractivity contribution in [1.82, 2.24) is 15.5 Å². The number of benzene rings is 2. The van der Waals surface area contributed by atoms with Crippen molar-refractivity contribution in [3.05, 3.63) is 65.7 Å². The average Bonchev–Trinajstić information content (AvgIpc) is 3.03. The van der Waals surface area contributed by atoms with Crippen LogP contribution in [0.1, 0.15) is 42.6 Å². The number of imide groups is 1. The summed E-state index contributed by atoms with van der Waals surface area (Å²) in [5.74, 6) is -1.23. The number of carbonyl (C=O) groups excluding carboxylic acids is 4. The molecule has 3 N–H and O–H groups in total. The zero-order valence-corrected chi connectivity index (χ0v) is 17.6. The normalized spacial score (nSPS) is 17.9. The van der Waals surface area contributed by atoms with Gasteiger partial charge in [-0.1, -0.05) is 50.2 Å². The summed E-state index contributed by atoms with van der Waals surface area (Å²) >= 11 is 0. The standard InChI is InChI=1S/C23H26N4O4/c1-3-13-24-20(29)16-9-8-12-18(14-16)25-19(28)15-27-21(30)23(4-2,26-22(27)31)17-10-6-5-7-11-17/h5-12,14H,3-4,13,15H2,1-2H3,(H,24,29)(H,25,28)(H,26,31). The van der Waals surface area contributed by atoms with Gasteiger partial charge < -0.3 is 16.0 Å². The van der Waals surface area contributed by atoms with E-state index in [9.17, 15) is 19.2 Å². The van der Waals surface area contributed by atoms with Gasteiger partial charge in [0.15, 0.2) is 0 Å². The molecule has 1 aliphatic heterocycles. The summed E-state index contributed by atoms with van der Waals surface area (Å²) in [6.07, 6.45) is 1.17. The topological polar surface area (TPSA) is 108 Å². The largest absolute Gasteiger partial charge is 0.352 e. The van der Waals surface area contributed by atoms with Crippen LogP contribution in [-0.2, 0) is 15.1 Å². The molecule has 8 heteroatoms. The zero-order chi connectivity index (χ0) is 22.4. The van der Waals surface area contributed by atoms with Crippen LogP contribution >= 0.6 is 0 Å². The van der Waals surface area contributed by atoms with Crippen molar-refractivity contribution in [1.29, 1.82) is 0 Å². The summed E-state index contributed by atoms with van der Waals surface area (Å²) < 4.78 is 0. The molecule has 0 aromatic heterocycles. The molecule has 2 aromatic rings. The van der Waals surface area contributed by atoms with E-state index in [4.69, 9.17) is 0 Å². The fourth-order valence-corrected chi connectivity index (χ4v) is 3.55. The van der Waals surface area contributed by atoms with Crippen LogP contribution in [0, 0.1) is 0 Å². The minimum atomic E-state index is -1.18. The molecule has 2 aromatic carbocycles. The van der Waals surface area contributed by atoms with Gasteiger partial charge >= 0.3 is 6.03 Å². The molecular formula is C23H26N4O4. The molecular weight excluding hydrogens is 396 g/mol. The van der Waals surface area contributed by atoms with Crippen LogP contribution in [0.3, 0.4) is 0 Å². The summed E-state index contributed by atoms with van der Waals surface area (Å²) in [7, 11) is 0. The molecule has 0 spiro atoms. The van der Waals surface area contributed by atoms with E-state index in [2.05, 4.69) is 16.0 Å². The van der Waals surface area contributed by atoms with Gasteiger partial charge in [-0.15, -0.1) is 0 Å². The molecule has 162 valence electrons. The Morgan fingerprint density at radius 2 is 1.77 bits per heavy atom. The highest BCUT2D eigenvalue weighted by Crippen LogP contribution is 2.32. The lowest BCUT2D eigenvalue weighted by molar-refractivity contribution is -0.134. The van der Waals surface area contributed by atoms with Gasteiger partial charge in [-0.05, 0) is 36.6 Å². The second-order valence-electron chi connectivity index (χ2n) is 7.33. The first-order chi connectivity index (χ1) is 14.9. The minimum absolute atomic E-state index is 0.234. The van der Waals surface area contributed by atoms with Crippen molar-refractivity contribution in [3.8, 4) is 0 Å². The predicted molar refractivity (Wildman–Crippen MR) is 116 cm³/mol. The lowest BCUT2D eigenvalue weighted by Gasteiger charge is -2.25. The second kappa shape index (κ2) is 9.42. The first-order valence-electron chi connectivity index (χ1n) is 10.3. The Morgan fingerprint density at radius 3 is 2.45 bits per heavy atom. The van der Waals surface area contributed by atoms with Crippen molar-refractivity contribution in [3.63, 3.8) is 0 Å². The third kappa shape index (κ3) is 4.58. The Kier molecular flexibility index (Phi) is 6.69. The van der Waals surface area contributed by atoms with Crippen LogP contribution in [0.4, 0.5) is 10.5 Å². The van der Waals surface area contributed by atoms with Crippen molar-refractivity contribution in [2.75, 3.05) is 18.4 Å². The fraction of sp³-hybridized carbons (Fsp3) is 0.304. The van der Waals surface area contributed by atoms with Gasteiger partial charge in [0, 0.05) is 17.8 Å². The number of amides is 5. The SMILES string of the molecule is CCCNC(=O)c1cccc(NC(=O)CN2C(=O)NC(CC)(c3ccccc3)C2=O)c1. The maximum Gasteiger partial charge on any atom is 0.325 e. The molecule has 0 saturated carbocycles. The highest BCUT2D eigenvalue weighted by molar-refractivity contribution is 6.10. The molecule has 3 rings (SSSR count). The molecule has 1 atom stereocenters. The molecule has 5 amide bonds. The summed E-state index contributed by atoms with van der Waals surface area (Å²) in [5, 5.41) is 8.18.